The zero-order valence-electron chi connectivity index (χ0n) is 16.2. The van der Waals surface area contributed by atoms with Gasteiger partial charge in [0.25, 0.3) is 0 Å². The first-order valence-electron chi connectivity index (χ1n) is 11.0. The lowest BCUT2D eigenvalue weighted by molar-refractivity contribution is 0.0200. The maximum atomic E-state index is 2.70. The van der Waals surface area contributed by atoms with Gasteiger partial charge in [-0.1, -0.05) is 53.4 Å². The average molecular weight is 317 g/mol. The molecule has 0 aromatic carbocycles. The number of fused-ring (bicyclic) bond motifs is 3. The first-order valence-corrected chi connectivity index (χ1v) is 11.0. The second-order valence-electron chi connectivity index (χ2n) is 10.8. The fourth-order valence-corrected chi connectivity index (χ4v) is 8.15. The third-order valence-corrected chi connectivity index (χ3v) is 9.17. The molecule has 0 N–H and O–H groups in total. The fourth-order valence-electron chi connectivity index (χ4n) is 8.15. The molecule has 132 valence electrons. The van der Waals surface area contributed by atoms with Crippen molar-refractivity contribution in [2.24, 2.45) is 52.8 Å². The van der Waals surface area contributed by atoms with Gasteiger partial charge in [-0.3, -0.25) is 0 Å². The first kappa shape index (κ1) is 16.5. The first-order chi connectivity index (χ1) is 11.0. The minimum Gasteiger partial charge on any atom is -0.0625 e. The lowest BCUT2D eigenvalue weighted by atomic mass is 9.58. The average Bonchev–Trinajstić information content (AvgIpc) is 3.12. The minimum atomic E-state index is 0.604. The summed E-state index contributed by atoms with van der Waals surface area (Å²) in [6.07, 6.45) is 15.4. The summed E-state index contributed by atoms with van der Waals surface area (Å²) in [7, 11) is 0. The van der Waals surface area contributed by atoms with Gasteiger partial charge in [0.15, 0.2) is 0 Å². The van der Waals surface area contributed by atoms with Gasteiger partial charge in [0.1, 0.15) is 0 Å². The van der Waals surface area contributed by atoms with Crippen LogP contribution < -0.4 is 0 Å². The van der Waals surface area contributed by atoms with E-state index in [1.165, 1.54) is 38.5 Å². The van der Waals surface area contributed by atoms with E-state index in [-0.39, 0.29) is 0 Å². The summed E-state index contributed by atoms with van der Waals surface area (Å²) in [5, 5.41) is 0. The van der Waals surface area contributed by atoms with Crippen molar-refractivity contribution in [3.05, 3.63) is 0 Å². The quantitative estimate of drug-likeness (QED) is 0.517. The van der Waals surface area contributed by atoms with Gasteiger partial charge in [0.2, 0.25) is 0 Å². The van der Waals surface area contributed by atoms with Crippen LogP contribution >= 0.6 is 0 Å². The Morgan fingerprint density at radius 2 is 1.09 bits per heavy atom. The summed E-state index contributed by atoms with van der Waals surface area (Å²) in [5.41, 5.74) is 0.604. The van der Waals surface area contributed by atoms with Crippen LogP contribution in [0, 0.1) is 52.8 Å². The van der Waals surface area contributed by atoms with Crippen LogP contribution in [0.5, 0.6) is 0 Å². The van der Waals surface area contributed by atoms with Crippen molar-refractivity contribution >= 4 is 0 Å². The van der Waals surface area contributed by atoms with E-state index in [9.17, 15) is 0 Å². The molecule has 4 saturated carbocycles. The molecule has 0 bridgehead atoms. The van der Waals surface area contributed by atoms with Crippen molar-refractivity contribution < 1.29 is 0 Å². The summed E-state index contributed by atoms with van der Waals surface area (Å²) in [6.45, 7) is 10.5. The van der Waals surface area contributed by atoms with E-state index in [4.69, 9.17) is 0 Å². The highest BCUT2D eigenvalue weighted by Crippen LogP contribution is 2.65. The predicted molar refractivity (Wildman–Crippen MR) is 99.2 cm³/mol. The molecular formula is C23H40. The van der Waals surface area contributed by atoms with Gasteiger partial charge in [-0.05, 0) is 91.3 Å². The van der Waals surface area contributed by atoms with Crippen molar-refractivity contribution in [3.8, 4) is 0 Å². The van der Waals surface area contributed by atoms with Crippen LogP contribution in [0.3, 0.4) is 0 Å². The zero-order valence-corrected chi connectivity index (χ0v) is 16.2. The Bertz CT molecular complexity index is 390. The molecule has 4 fully saturated rings. The van der Waals surface area contributed by atoms with Crippen LogP contribution in [0.2, 0.25) is 0 Å². The molecule has 6 atom stereocenters. The maximum Gasteiger partial charge on any atom is -0.0292 e. The van der Waals surface area contributed by atoms with Gasteiger partial charge >= 0.3 is 0 Å². The third-order valence-electron chi connectivity index (χ3n) is 9.17. The van der Waals surface area contributed by atoms with E-state index < -0.39 is 0 Å². The van der Waals surface area contributed by atoms with Crippen LogP contribution in [0.1, 0.15) is 91.9 Å². The zero-order chi connectivity index (χ0) is 16.2. The molecule has 0 nitrogen and oxygen atoms in total. The summed E-state index contributed by atoms with van der Waals surface area (Å²) >= 11 is 0. The highest BCUT2D eigenvalue weighted by molar-refractivity contribution is 5.06. The van der Waals surface area contributed by atoms with Crippen LogP contribution in [-0.4, -0.2) is 0 Å². The molecule has 0 saturated heterocycles. The Kier molecular flexibility index (Phi) is 4.34. The highest BCUT2D eigenvalue weighted by atomic mass is 14.6. The standard InChI is InChI=1S/C23H40/c1-15-9-11-18-19-12-10-16(2)14-21(19)22(20(18)13-15)23(3,4)17-7-5-6-8-17/h15-22H,5-14H2,1-4H3. The molecule has 4 aliphatic rings. The van der Waals surface area contributed by atoms with Crippen molar-refractivity contribution in [2.45, 2.75) is 91.9 Å². The predicted octanol–water partition coefficient (Wildman–Crippen LogP) is 6.94. The molecule has 0 radical (unpaired) electrons. The summed E-state index contributed by atoms with van der Waals surface area (Å²) in [5.74, 6) is 8.44. The van der Waals surface area contributed by atoms with Crippen molar-refractivity contribution in [2.75, 3.05) is 0 Å². The molecule has 0 heterocycles. The molecule has 23 heavy (non-hydrogen) atoms. The van der Waals surface area contributed by atoms with Crippen LogP contribution in [0.15, 0.2) is 0 Å². The van der Waals surface area contributed by atoms with Gasteiger partial charge in [-0.25, -0.2) is 0 Å². The molecule has 4 rings (SSSR count). The Morgan fingerprint density at radius 3 is 1.57 bits per heavy atom. The SMILES string of the molecule is CC1CCC2C3CCC(C)CC3C(C(C)(C)C3CCCC3)C2C1. The molecule has 0 aromatic heterocycles. The van der Waals surface area contributed by atoms with Crippen molar-refractivity contribution in [1.82, 2.24) is 0 Å². The second-order valence-corrected chi connectivity index (χ2v) is 10.8. The van der Waals surface area contributed by atoms with Crippen LogP contribution in [0.4, 0.5) is 0 Å². The second kappa shape index (κ2) is 6.06. The molecule has 0 aliphatic heterocycles. The maximum absolute atomic E-state index is 2.70. The summed E-state index contributed by atoms with van der Waals surface area (Å²) < 4.78 is 0. The van der Waals surface area contributed by atoms with Gasteiger partial charge < -0.3 is 0 Å². The Balaban J connectivity index is 1.66. The molecule has 6 unspecified atom stereocenters. The van der Waals surface area contributed by atoms with Crippen LogP contribution in [0.25, 0.3) is 0 Å². The fraction of sp³-hybridized carbons (Fsp3) is 1.00. The molecule has 0 amide bonds. The number of hydrogen-bond acceptors (Lipinski definition) is 0. The van der Waals surface area contributed by atoms with E-state index in [0.717, 1.165) is 47.3 Å². The normalized spacial score (nSPS) is 48.3. The number of hydrogen-bond donors (Lipinski definition) is 0. The summed E-state index contributed by atoms with van der Waals surface area (Å²) in [6, 6.07) is 0. The largest absolute Gasteiger partial charge is 0.0625 e. The van der Waals surface area contributed by atoms with E-state index >= 15 is 0 Å². The van der Waals surface area contributed by atoms with Gasteiger partial charge in [-0.15, -0.1) is 0 Å². The van der Waals surface area contributed by atoms with Gasteiger partial charge in [0.05, 0.1) is 0 Å². The van der Waals surface area contributed by atoms with Crippen molar-refractivity contribution in [1.29, 1.82) is 0 Å². The van der Waals surface area contributed by atoms with E-state index in [1.807, 2.05) is 0 Å². The summed E-state index contributed by atoms with van der Waals surface area (Å²) in [4.78, 5) is 0. The van der Waals surface area contributed by atoms with E-state index in [1.54, 1.807) is 25.7 Å². The smallest absolute Gasteiger partial charge is 0.0292 e. The molecule has 0 spiro atoms. The third kappa shape index (κ3) is 2.71. The minimum absolute atomic E-state index is 0.604. The van der Waals surface area contributed by atoms with Gasteiger partial charge in [-0.2, -0.15) is 0 Å². The topological polar surface area (TPSA) is 0 Å². The van der Waals surface area contributed by atoms with Gasteiger partial charge in [0, 0.05) is 0 Å². The number of rotatable bonds is 2. The molecule has 0 aromatic rings. The lowest BCUT2D eigenvalue weighted by Gasteiger charge is -2.47. The Hall–Kier alpha value is 0. The van der Waals surface area contributed by atoms with E-state index in [2.05, 4.69) is 27.7 Å². The van der Waals surface area contributed by atoms with Crippen LogP contribution in [-0.2, 0) is 0 Å². The Labute approximate surface area is 145 Å². The van der Waals surface area contributed by atoms with Crippen molar-refractivity contribution in [3.63, 3.8) is 0 Å². The molecule has 4 aliphatic carbocycles. The monoisotopic (exact) mass is 316 g/mol. The molecular weight excluding hydrogens is 276 g/mol. The molecule has 0 heteroatoms. The lowest BCUT2D eigenvalue weighted by Crippen LogP contribution is -2.40. The Morgan fingerprint density at radius 1 is 0.609 bits per heavy atom. The van der Waals surface area contributed by atoms with E-state index in [0.29, 0.717) is 5.41 Å². The highest BCUT2D eigenvalue weighted by Gasteiger charge is 2.58.